The van der Waals surface area contributed by atoms with Crippen LogP contribution in [0.3, 0.4) is 0 Å². The number of aromatic nitrogens is 1. The molecule has 0 unspecified atom stereocenters. The Kier molecular flexibility index (Phi) is 6.42. The second-order valence-electron chi connectivity index (χ2n) is 7.51. The first-order valence-electron chi connectivity index (χ1n) is 10.4. The third kappa shape index (κ3) is 4.60. The first-order valence-corrected chi connectivity index (χ1v) is 11.2. The van der Waals surface area contributed by atoms with Gasteiger partial charge >= 0.3 is 0 Å². The number of benzene rings is 3. The maximum atomic E-state index is 13.6. The van der Waals surface area contributed by atoms with E-state index < -0.39 is 0 Å². The number of aryl methyl sites for hydroxylation is 1. The zero-order chi connectivity index (χ0) is 22.7. The summed E-state index contributed by atoms with van der Waals surface area (Å²) in [5, 5.41) is 0.921. The summed E-state index contributed by atoms with van der Waals surface area (Å²) < 4.78 is 6.23. The van der Waals surface area contributed by atoms with Crippen LogP contribution in [-0.2, 0) is 6.54 Å². The minimum absolute atomic E-state index is 0.132. The van der Waals surface area contributed by atoms with Crippen LogP contribution in [0.2, 0.25) is 0 Å². The second kappa shape index (κ2) is 9.40. The van der Waals surface area contributed by atoms with Crippen molar-refractivity contribution in [1.82, 2.24) is 4.98 Å². The summed E-state index contributed by atoms with van der Waals surface area (Å²) >= 11 is 3.47. The van der Waals surface area contributed by atoms with Gasteiger partial charge in [0, 0.05) is 21.2 Å². The molecule has 1 amide bonds. The number of fused-ring (bicyclic) bond motifs is 1. The Morgan fingerprint density at radius 1 is 1.03 bits per heavy atom. The highest BCUT2D eigenvalue weighted by Gasteiger charge is 2.21. The quantitative estimate of drug-likeness (QED) is 0.369. The Morgan fingerprint density at radius 2 is 1.78 bits per heavy atom. The van der Waals surface area contributed by atoms with Gasteiger partial charge in [-0.1, -0.05) is 24.3 Å². The number of halogens is 1. The van der Waals surface area contributed by atoms with Crippen LogP contribution in [0.1, 0.15) is 28.4 Å². The van der Waals surface area contributed by atoms with Gasteiger partial charge < -0.3 is 14.6 Å². The average molecular weight is 491 g/mol. The van der Waals surface area contributed by atoms with Gasteiger partial charge in [-0.15, -0.1) is 0 Å². The van der Waals surface area contributed by atoms with Gasteiger partial charge in [0.2, 0.25) is 0 Å². The first kappa shape index (κ1) is 21.8. The van der Waals surface area contributed by atoms with Crippen molar-refractivity contribution in [2.45, 2.75) is 20.4 Å². The number of aromatic amines is 1. The third-order valence-corrected chi connectivity index (χ3v) is 5.91. The Morgan fingerprint density at radius 3 is 2.50 bits per heavy atom. The third-order valence-electron chi connectivity index (χ3n) is 5.22. The maximum Gasteiger partial charge on any atom is 0.259 e. The fourth-order valence-corrected chi connectivity index (χ4v) is 4.05. The predicted octanol–water partition coefficient (Wildman–Crippen LogP) is 5.84. The van der Waals surface area contributed by atoms with Crippen LogP contribution >= 0.6 is 15.9 Å². The fourth-order valence-electron chi connectivity index (χ4n) is 3.60. The van der Waals surface area contributed by atoms with E-state index >= 15 is 0 Å². The Labute approximate surface area is 194 Å². The summed E-state index contributed by atoms with van der Waals surface area (Å²) in [6, 6.07) is 22.4. The minimum Gasteiger partial charge on any atom is -0.494 e. The summed E-state index contributed by atoms with van der Waals surface area (Å²) in [5.74, 6) is 0.522. The molecule has 0 aliphatic rings. The van der Waals surface area contributed by atoms with Gasteiger partial charge in [-0.2, -0.15) is 0 Å². The lowest BCUT2D eigenvalue weighted by molar-refractivity contribution is 0.0984. The molecule has 4 rings (SSSR count). The molecule has 1 N–H and O–H groups in total. The van der Waals surface area contributed by atoms with E-state index in [1.807, 2.05) is 80.6 Å². The number of amides is 1. The molecular formula is C26H23BrN2O3. The smallest absolute Gasteiger partial charge is 0.259 e. The fraction of sp³-hybridized carbons (Fsp3) is 0.154. The number of ether oxygens (including phenoxy) is 1. The van der Waals surface area contributed by atoms with Crippen molar-refractivity contribution in [3.05, 3.63) is 104 Å². The minimum atomic E-state index is -0.209. The van der Waals surface area contributed by atoms with Crippen molar-refractivity contribution in [2.75, 3.05) is 11.5 Å². The van der Waals surface area contributed by atoms with Crippen molar-refractivity contribution in [3.8, 4) is 5.75 Å². The molecule has 0 atom stereocenters. The average Bonchev–Trinajstić information content (AvgIpc) is 2.78. The molecule has 1 heterocycles. The van der Waals surface area contributed by atoms with Gasteiger partial charge in [-0.3, -0.25) is 9.59 Å². The molecule has 6 heteroatoms. The first-order chi connectivity index (χ1) is 15.5. The lowest BCUT2D eigenvalue weighted by Crippen LogP contribution is -2.33. The molecule has 5 nitrogen and oxygen atoms in total. The summed E-state index contributed by atoms with van der Waals surface area (Å²) in [5.41, 5.74) is 3.35. The highest BCUT2D eigenvalue weighted by atomic mass is 79.9. The van der Waals surface area contributed by atoms with Crippen LogP contribution in [0.4, 0.5) is 5.69 Å². The molecule has 0 fully saturated rings. The zero-order valence-corrected chi connectivity index (χ0v) is 19.5. The van der Waals surface area contributed by atoms with E-state index in [1.54, 1.807) is 11.0 Å². The second-order valence-corrected chi connectivity index (χ2v) is 8.37. The molecular weight excluding hydrogens is 468 g/mol. The SMILES string of the molecule is CCOc1ccc(N(Cc2cc3ccc(C)cc3[nH]c2=O)C(=O)c2ccccc2Br)cc1. The van der Waals surface area contributed by atoms with Gasteiger partial charge in [0.05, 0.1) is 18.7 Å². The Balaban J connectivity index is 1.77. The van der Waals surface area contributed by atoms with Crippen molar-refractivity contribution in [1.29, 1.82) is 0 Å². The highest BCUT2D eigenvalue weighted by molar-refractivity contribution is 9.10. The molecule has 0 saturated carbocycles. The number of H-pyrrole nitrogens is 1. The van der Waals surface area contributed by atoms with Crippen molar-refractivity contribution < 1.29 is 9.53 Å². The van der Waals surface area contributed by atoms with Crippen molar-refractivity contribution >= 4 is 38.4 Å². The van der Waals surface area contributed by atoms with Crippen molar-refractivity contribution in [2.24, 2.45) is 0 Å². The molecule has 4 aromatic rings. The van der Waals surface area contributed by atoms with E-state index in [4.69, 9.17) is 4.74 Å². The number of nitrogens with zero attached hydrogens (tertiary/aromatic N) is 1. The van der Waals surface area contributed by atoms with Crippen LogP contribution in [0.5, 0.6) is 5.75 Å². The Hall–Kier alpha value is -3.38. The number of carbonyl (C=O) groups is 1. The number of carbonyl (C=O) groups excluding carboxylic acids is 1. The van der Waals surface area contributed by atoms with Crippen molar-refractivity contribution in [3.63, 3.8) is 0 Å². The lowest BCUT2D eigenvalue weighted by atomic mass is 10.1. The number of nitrogens with one attached hydrogen (secondary N) is 1. The van der Waals surface area contributed by atoms with E-state index in [-0.39, 0.29) is 18.0 Å². The summed E-state index contributed by atoms with van der Waals surface area (Å²) in [7, 11) is 0. The van der Waals surface area contributed by atoms with E-state index in [1.165, 1.54) is 0 Å². The van der Waals surface area contributed by atoms with Crippen LogP contribution in [-0.4, -0.2) is 17.5 Å². The van der Waals surface area contributed by atoms with Gasteiger partial charge in [-0.25, -0.2) is 0 Å². The van der Waals surface area contributed by atoms with E-state index in [0.717, 1.165) is 22.2 Å². The number of hydrogen-bond donors (Lipinski definition) is 1. The van der Waals surface area contributed by atoms with Crippen LogP contribution in [0.15, 0.2) is 82.1 Å². The Bertz CT molecular complexity index is 1330. The molecule has 1 aromatic heterocycles. The molecule has 3 aromatic carbocycles. The molecule has 0 radical (unpaired) electrons. The normalized spacial score (nSPS) is 10.8. The summed E-state index contributed by atoms with van der Waals surface area (Å²) in [4.78, 5) is 31.0. The monoisotopic (exact) mass is 490 g/mol. The number of rotatable bonds is 6. The van der Waals surface area contributed by atoms with Gasteiger partial charge in [0.25, 0.3) is 11.5 Å². The molecule has 32 heavy (non-hydrogen) atoms. The van der Waals surface area contributed by atoms with Crippen LogP contribution in [0.25, 0.3) is 10.9 Å². The maximum absolute atomic E-state index is 13.6. The molecule has 0 spiro atoms. The largest absolute Gasteiger partial charge is 0.494 e. The predicted molar refractivity (Wildman–Crippen MR) is 132 cm³/mol. The summed E-state index contributed by atoms with van der Waals surface area (Å²) in [6.45, 7) is 4.60. The van der Waals surface area contributed by atoms with Crippen LogP contribution in [0, 0.1) is 6.92 Å². The molecule has 0 saturated heterocycles. The molecule has 0 aliphatic heterocycles. The number of anilines is 1. The van der Waals surface area contributed by atoms with E-state index in [0.29, 0.717) is 27.9 Å². The van der Waals surface area contributed by atoms with E-state index in [2.05, 4.69) is 20.9 Å². The number of hydrogen-bond acceptors (Lipinski definition) is 3. The van der Waals surface area contributed by atoms with Crippen LogP contribution < -0.4 is 15.2 Å². The molecule has 162 valence electrons. The molecule has 0 aliphatic carbocycles. The van der Waals surface area contributed by atoms with Gasteiger partial charge in [0.1, 0.15) is 5.75 Å². The zero-order valence-electron chi connectivity index (χ0n) is 17.9. The molecule has 0 bridgehead atoms. The standard InChI is InChI=1S/C26H23BrN2O3/c1-3-32-21-12-10-20(11-13-21)29(26(31)22-6-4-5-7-23(22)27)16-19-15-18-9-8-17(2)14-24(18)28-25(19)30/h4-15H,3,16H2,1-2H3,(H,28,30). The van der Waals surface area contributed by atoms with Gasteiger partial charge in [0.15, 0.2) is 0 Å². The highest BCUT2D eigenvalue weighted by Crippen LogP contribution is 2.26. The van der Waals surface area contributed by atoms with E-state index in [9.17, 15) is 9.59 Å². The number of pyridine rings is 1. The topological polar surface area (TPSA) is 62.4 Å². The van der Waals surface area contributed by atoms with Gasteiger partial charge in [-0.05, 0) is 89.3 Å². The lowest BCUT2D eigenvalue weighted by Gasteiger charge is -2.24. The summed E-state index contributed by atoms with van der Waals surface area (Å²) in [6.07, 6.45) is 0.